The number of nitrogens with zero attached hydrogens (tertiary/aromatic N) is 1. The smallest absolute Gasteiger partial charge is 0.232 e. The molecule has 0 bridgehead atoms. The van der Waals surface area contributed by atoms with E-state index in [1.54, 1.807) is 0 Å². The SMILES string of the molecule is O=[N+]([O-])CC1(O)CCCCCC/C=C/CCCCCCC1. The molecule has 0 spiro atoms. The van der Waals surface area contributed by atoms with Gasteiger partial charge in [0.1, 0.15) is 5.60 Å². The van der Waals surface area contributed by atoms with Crippen LogP contribution >= 0.6 is 0 Å². The van der Waals surface area contributed by atoms with E-state index in [4.69, 9.17) is 0 Å². The van der Waals surface area contributed by atoms with E-state index in [9.17, 15) is 15.2 Å². The lowest BCUT2D eigenvalue weighted by Gasteiger charge is -2.24. The summed E-state index contributed by atoms with van der Waals surface area (Å²) < 4.78 is 0. The first-order valence-electron chi connectivity index (χ1n) is 8.62. The van der Waals surface area contributed by atoms with Crippen molar-refractivity contribution in [3.8, 4) is 0 Å². The Balaban J connectivity index is 2.44. The van der Waals surface area contributed by atoms with Gasteiger partial charge in [-0.15, -0.1) is 0 Å². The summed E-state index contributed by atoms with van der Waals surface area (Å²) >= 11 is 0. The van der Waals surface area contributed by atoms with Crippen LogP contribution in [0, 0.1) is 10.1 Å². The summed E-state index contributed by atoms with van der Waals surface area (Å²) in [5.74, 6) is 0. The van der Waals surface area contributed by atoms with Gasteiger partial charge in [-0.2, -0.15) is 0 Å². The molecule has 0 aromatic carbocycles. The van der Waals surface area contributed by atoms with Gasteiger partial charge < -0.3 is 5.11 Å². The molecule has 21 heavy (non-hydrogen) atoms. The van der Waals surface area contributed by atoms with Crippen molar-refractivity contribution < 1.29 is 10.0 Å². The summed E-state index contributed by atoms with van der Waals surface area (Å²) in [5.41, 5.74) is -1.08. The average Bonchev–Trinajstić information content (AvgIpc) is 2.41. The molecule has 0 fully saturated rings. The molecule has 0 aliphatic heterocycles. The highest BCUT2D eigenvalue weighted by atomic mass is 16.6. The predicted octanol–water partition coefficient (Wildman–Crippen LogP) is 4.64. The Bertz CT molecular complexity index is 317. The Morgan fingerprint density at radius 1 is 0.857 bits per heavy atom. The summed E-state index contributed by atoms with van der Waals surface area (Å²) in [6.07, 6.45) is 17.9. The van der Waals surface area contributed by atoms with Crippen molar-refractivity contribution in [2.45, 2.75) is 89.1 Å². The Hall–Kier alpha value is -0.900. The second-order valence-corrected chi connectivity index (χ2v) is 6.45. The van der Waals surface area contributed by atoms with Gasteiger partial charge in [0.25, 0.3) is 0 Å². The van der Waals surface area contributed by atoms with Gasteiger partial charge in [0.2, 0.25) is 6.54 Å². The van der Waals surface area contributed by atoms with Crippen LogP contribution in [0.2, 0.25) is 0 Å². The topological polar surface area (TPSA) is 63.4 Å². The number of aliphatic hydroxyl groups is 1. The number of hydrogen-bond donors (Lipinski definition) is 1. The van der Waals surface area contributed by atoms with E-state index < -0.39 is 5.60 Å². The molecule has 4 nitrogen and oxygen atoms in total. The van der Waals surface area contributed by atoms with Crippen LogP contribution in [-0.2, 0) is 0 Å². The minimum atomic E-state index is -1.08. The van der Waals surface area contributed by atoms with Crippen molar-refractivity contribution in [3.05, 3.63) is 22.3 Å². The molecule has 0 saturated carbocycles. The molecule has 1 aliphatic rings. The quantitative estimate of drug-likeness (QED) is 0.459. The molecule has 0 aromatic rings. The van der Waals surface area contributed by atoms with Crippen LogP contribution < -0.4 is 0 Å². The largest absolute Gasteiger partial charge is 0.383 e. The molecule has 122 valence electrons. The zero-order valence-corrected chi connectivity index (χ0v) is 13.3. The number of rotatable bonds is 2. The predicted molar refractivity (Wildman–Crippen MR) is 86.0 cm³/mol. The molecule has 1 unspecified atom stereocenters. The third-order valence-corrected chi connectivity index (χ3v) is 4.37. The molecule has 1 rings (SSSR count). The number of hydrogen-bond acceptors (Lipinski definition) is 3. The van der Waals surface area contributed by atoms with Gasteiger partial charge in [0.15, 0.2) is 0 Å². The fraction of sp³-hybridized carbons (Fsp3) is 0.882. The molecule has 1 atom stereocenters. The molecule has 1 N–H and O–H groups in total. The second-order valence-electron chi connectivity index (χ2n) is 6.45. The Kier molecular flexibility index (Phi) is 9.31. The van der Waals surface area contributed by atoms with Gasteiger partial charge >= 0.3 is 0 Å². The van der Waals surface area contributed by atoms with Gasteiger partial charge in [-0.3, -0.25) is 10.1 Å². The summed E-state index contributed by atoms with van der Waals surface area (Å²) in [6, 6.07) is 0. The van der Waals surface area contributed by atoms with Crippen molar-refractivity contribution >= 4 is 0 Å². The highest BCUT2D eigenvalue weighted by molar-refractivity contribution is 4.82. The monoisotopic (exact) mass is 297 g/mol. The summed E-state index contributed by atoms with van der Waals surface area (Å²) in [7, 11) is 0. The van der Waals surface area contributed by atoms with Crippen molar-refractivity contribution in [2.24, 2.45) is 0 Å². The maximum absolute atomic E-state index is 10.8. The maximum Gasteiger partial charge on any atom is 0.232 e. The molecule has 0 aromatic heterocycles. The highest BCUT2D eigenvalue weighted by Gasteiger charge is 2.31. The molecule has 4 heteroatoms. The van der Waals surface area contributed by atoms with E-state index in [1.807, 2.05) is 0 Å². The average molecular weight is 297 g/mol. The zero-order chi connectivity index (χ0) is 15.4. The molecular weight excluding hydrogens is 266 g/mol. The normalized spacial score (nSPS) is 28.8. The fourth-order valence-electron chi connectivity index (χ4n) is 3.08. The first kappa shape index (κ1) is 18.1. The fourth-order valence-corrected chi connectivity index (χ4v) is 3.08. The van der Waals surface area contributed by atoms with E-state index >= 15 is 0 Å². The lowest BCUT2D eigenvalue weighted by Crippen LogP contribution is -2.37. The van der Waals surface area contributed by atoms with E-state index in [0.29, 0.717) is 12.8 Å². The van der Waals surface area contributed by atoms with Gasteiger partial charge in [-0.1, -0.05) is 57.1 Å². The Morgan fingerprint density at radius 2 is 1.29 bits per heavy atom. The Morgan fingerprint density at radius 3 is 1.76 bits per heavy atom. The maximum atomic E-state index is 10.8. The lowest BCUT2D eigenvalue weighted by molar-refractivity contribution is -0.501. The summed E-state index contributed by atoms with van der Waals surface area (Å²) in [6.45, 7) is -0.296. The van der Waals surface area contributed by atoms with Gasteiger partial charge in [0.05, 0.1) is 0 Å². The van der Waals surface area contributed by atoms with Crippen molar-refractivity contribution in [1.29, 1.82) is 0 Å². The van der Waals surface area contributed by atoms with Crippen LogP contribution in [0.3, 0.4) is 0 Å². The number of allylic oxidation sites excluding steroid dienone is 2. The van der Waals surface area contributed by atoms with Crippen molar-refractivity contribution in [1.82, 2.24) is 0 Å². The highest BCUT2D eigenvalue weighted by Crippen LogP contribution is 2.24. The van der Waals surface area contributed by atoms with Gasteiger partial charge in [-0.05, 0) is 38.5 Å². The minimum absolute atomic E-state index is 0.296. The van der Waals surface area contributed by atoms with Crippen LogP contribution in [0.15, 0.2) is 12.2 Å². The minimum Gasteiger partial charge on any atom is -0.383 e. The lowest BCUT2D eigenvalue weighted by atomic mass is 9.89. The van der Waals surface area contributed by atoms with Crippen LogP contribution in [0.5, 0.6) is 0 Å². The van der Waals surface area contributed by atoms with E-state index in [2.05, 4.69) is 12.2 Å². The first-order chi connectivity index (χ1) is 10.1. The van der Waals surface area contributed by atoms with Crippen molar-refractivity contribution in [3.63, 3.8) is 0 Å². The van der Waals surface area contributed by atoms with E-state index in [-0.39, 0.29) is 11.5 Å². The zero-order valence-electron chi connectivity index (χ0n) is 13.3. The molecule has 0 heterocycles. The van der Waals surface area contributed by atoms with Crippen molar-refractivity contribution in [2.75, 3.05) is 6.54 Å². The first-order valence-corrected chi connectivity index (χ1v) is 8.62. The molecule has 0 radical (unpaired) electrons. The van der Waals surface area contributed by atoms with E-state index in [0.717, 1.165) is 38.5 Å². The molecular formula is C17H31NO3. The second kappa shape index (κ2) is 10.8. The standard InChI is InChI=1S/C17H31NO3/c19-17(16-18(20)21)14-12-10-8-6-4-2-1-3-5-7-9-11-13-15-17/h1-2,19H,3-16H2/b2-1+. The third-order valence-electron chi connectivity index (χ3n) is 4.37. The van der Waals surface area contributed by atoms with E-state index in [1.165, 1.54) is 32.1 Å². The van der Waals surface area contributed by atoms with Crippen LogP contribution in [0.25, 0.3) is 0 Å². The van der Waals surface area contributed by atoms with Gasteiger partial charge in [-0.25, -0.2) is 0 Å². The summed E-state index contributed by atoms with van der Waals surface area (Å²) in [4.78, 5) is 10.4. The third kappa shape index (κ3) is 9.62. The van der Waals surface area contributed by atoms with Crippen LogP contribution in [0.1, 0.15) is 83.5 Å². The van der Waals surface area contributed by atoms with Crippen LogP contribution in [0.4, 0.5) is 0 Å². The summed E-state index contributed by atoms with van der Waals surface area (Å²) in [5, 5.41) is 21.3. The molecule has 0 saturated heterocycles. The van der Waals surface area contributed by atoms with Crippen LogP contribution in [-0.4, -0.2) is 22.2 Å². The Labute approximate surface area is 128 Å². The molecule has 1 aliphatic carbocycles. The van der Waals surface area contributed by atoms with Gasteiger partial charge in [0, 0.05) is 4.92 Å². The molecule has 0 amide bonds. The number of nitro groups is 1.